The predicted octanol–water partition coefficient (Wildman–Crippen LogP) is -0.254. The van der Waals surface area contributed by atoms with E-state index in [0.29, 0.717) is 0 Å². The van der Waals surface area contributed by atoms with Crippen LogP contribution >= 0.6 is 0 Å². The van der Waals surface area contributed by atoms with Crippen LogP contribution in [-0.2, 0) is 9.53 Å². The van der Waals surface area contributed by atoms with Crippen molar-refractivity contribution in [3.63, 3.8) is 0 Å². The molecule has 0 heterocycles. The molecular weight excluding hydrogens is 120 g/mol. The standard InChI is InChI=1S/C5H10N2O2/c1-4(8)7-5(6)3-9-2/h3H2,1-2H3,(H2,6,7,8). The van der Waals surface area contributed by atoms with Gasteiger partial charge in [0.2, 0.25) is 5.91 Å². The lowest BCUT2D eigenvalue weighted by Gasteiger charge is -2.00. The number of nitrogens with one attached hydrogen (secondary N) is 2. The summed E-state index contributed by atoms with van der Waals surface area (Å²) in [7, 11) is 1.47. The molecule has 0 radical (unpaired) electrons. The van der Waals surface area contributed by atoms with Gasteiger partial charge in [0, 0.05) is 14.0 Å². The minimum atomic E-state index is -0.239. The van der Waals surface area contributed by atoms with Crippen LogP contribution in [0.15, 0.2) is 0 Å². The molecule has 0 aliphatic heterocycles. The van der Waals surface area contributed by atoms with E-state index in [0.717, 1.165) is 0 Å². The van der Waals surface area contributed by atoms with Gasteiger partial charge in [-0.3, -0.25) is 10.2 Å². The van der Waals surface area contributed by atoms with Crippen LogP contribution in [0, 0.1) is 5.41 Å². The summed E-state index contributed by atoms with van der Waals surface area (Å²) >= 11 is 0. The van der Waals surface area contributed by atoms with Crippen LogP contribution in [-0.4, -0.2) is 25.5 Å². The lowest BCUT2D eigenvalue weighted by Crippen LogP contribution is -2.30. The summed E-state index contributed by atoms with van der Waals surface area (Å²) in [4.78, 5) is 10.2. The van der Waals surface area contributed by atoms with E-state index in [4.69, 9.17) is 5.41 Å². The summed E-state index contributed by atoms with van der Waals surface area (Å²) in [5.41, 5.74) is 0. The number of rotatable bonds is 2. The van der Waals surface area contributed by atoms with E-state index in [1.807, 2.05) is 0 Å². The summed E-state index contributed by atoms with van der Waals surface area (Å²) in [6.07, 6.45) is 0. The first kappa shape index (κ1) is 8.10. The van der Waals surface area contributed by atoms with Crippen LogP contribution in [0.5, 0.6) is 0 Å². The average Bonchev–Trinajstić information content (AvgIpc) is 1.63. The minimum absolute atomic E-state index is 0.0880. The first-order chi connectivity index (χ1) is 4.16. The molecule has 4 heteroatoms. The van der Waals surface area contributed by atoms with Crippen molar-refractivity contribution in [1.82, 2.24) is 5.32 Å². The molecule has 0 aromatic rings. The van der Waals surface area contributed by atoms with E-state index >= 15 is 0 Å². The van der Waals surface area contributed by atoms with Crippen molar-refractivity contribution < 1.29 is 9.53 Å². The van der Waals surface area contributed by atoms with Crippen molar-refractivity contribution >= 4 is 11.7 Å². The molecule has 0 unspecified atom stereocenters. The van der Waals surface area contributed by atoms with Crippen molar-refractivity contribution in [1.29, 1.82) is 5.41 Å². The Morgan fingerprint density at radius 2 is 2.33 bits per heavy atom. The smallest absolute Gasteiger partial charge is 0.222 e. The molecule has 0 bridgehead atoms. The zero-order valence-electron chi connectivity index (χ0n) is 5.52. The highest BCUT2D eigenvalue weighted by molar-refractivity contribution is 5.96. The monoisotopic (exact) mass is 130 g/mol. The predicted molar refractivity (Wildman–Crippen MR) is 33.4 cm³/mol. The van der Waals surface area contributed by atoms with Crippen LogP contribution in [0.1, 0.15) is 6.92 Å². The molecule has 0 atom stereocenters. The Bertz CT molecular complexity index is 122. The molecular formula is C5H10N2O2. The van der Waals surface area contributed by atoms with E-state index < -0.39 is 0 Å². The van der Waals surface area contributed by atoms with Crippen molar-refractivity contribution in [2.45, 2.75) is 6.92 Å². The number of carbonyl (C=O) groups is 1. The molecule has 4 nitrogen and oxygen atoms in total. The van der Waals surface area contributed by atoms with Gasteiger partial charge in [-0.1, -0.05) is 0 Å². The van der Waals surface area contributed by atoms with Crippen LogP contribution < -0.4 is 5.32 Å². The van der Waals surface area contributed by atoms with E-state index in [1.165, 1.54) is 14.0 Å². The fourth-order valence-electron chi connectivity index (χ4n) is 0.393. The highest BCUT2D eigenvalue weighted by Gasteiger charge is 1.95. The quantitative estimate of drug-likeness (QED) is 0.400. The third-order valence-electron chi connectivity index (χ3n) is 0.616. The number of ether oxygens (including phenoxy) is 1. The zero-order valence-corrected chi connectivity index (χ0v) is 5.52. The molecule has 0 saturated heterocycles. The van der Waals surface area contributed by atoms with Crippen LogP contribution in [0.25, 0.3) is 0 Å². The molecule has 0 aromatic carbocycles. The summed E-state index contributed by atoms with van der Waals surface area (Å²) < 4.78 is 4.57. The largest absolute Gasteiger partial charge is 0.377 e. The minimum Gasteiger partial charge on any atom is -0.377 e. The SMILES string of the molecule is COCC(=N)NC(C)=O. The van der Waals surface area contributed by atoms with Crippen LogP contribution in [0.2, 0.25) is 0 Å². The van der Waals surface area contributed by atoms with Gasteiger partial charge in [-0.15, -0.1) is 0 Å². The summed E-state index contributed by atoms with van der Waals surface area (Å²) in [6, 6.07) is 0. The van der Waals surface area contributed by atoms with Crippen molar-refractivity contribution in [2.75, 3.05) is 13.7 Å². The maximum absolute atomic E-state index is 10.2. The number of hydrogen-bond acceptors (Lipinski definition) is 3. The van der Waals surface area contributed by atoms with E-state index in [1.54, 1.807) is 0 Å². The second-order valence-corrected chi connectivity index (χ2v) is 1.59. The zero-order chi connectivity index (χ0) is 7.28. The lowest BCUT2D eigenvalue weighted by molar-refractivity contribution is -0.117. The van der Waals surface area contributed by atoms with Gasteiger partial charge in [0.15, 0.2) is 0 Å². The molecule has 0 rings (SSSR count). The fraction of sp³-hybridized carbons (Fsp3) is 0.600. The Morgan fingerprint density at radius 1 is 1.78 bits per heavy atom. The van der Waals surface area contributed by atoms with E-state index in [2.05, 4.69) is 10.1 Å². The second-order valence-electron chi connectivity index (χ2n) is 1.59. The molecule has 0 saturated carbocycles. The molecule has 0 spiro atoms. The van der Waals surface area contributed by atoms with Gasteiger partial charge >= 0.3 is 0 Å². The second kappa shape index (κ2) is 4.03. The Labute approximate surface area is 53.7 Å². The number of methoxy groups -OCH3 is 1. The van der Waals surface area contributed by atoms with Gasteiger partial charge in [0.1, 0.15) is 12.4 Å². The summed E-state index contributed by atoms with van der Waals surface area (Å²) in [6.45, 7) is 1.50. The first-order valence-corrected chi connectivity index (χ1v) is 2.50. The van der Waals surface area contributed by atoms with Gasteiger partial charge in [0.05, 0.1) is 0 Å². The Kier molecular flexibility index (Phi) is 3.62. The van der Waals surface area contributed by atoms with Crippen molar-refractivity contribution in [3.8, 4) is 0 Å². The maximum atomic E-state index is 10.2. The van der Waals surface area contributed by atoms with Gasteiger partial charge in [-0.05, 0) is 0 Å². The third-order valence-corrected chi connectivity index (χ3v) is 0.616. The van der Waals surface area contributed by atoms with Gasteiger partial charge in [0.25, 0.3) is 0 Å². The Morgan fingerprint density at radius 3 is 2.67 bits per heavy atom. The van der Waals surface area contributed by atoms with Crippen LogP contribution in [0.4, 0.5) is 0 Å². The summed E-state index contributed by atoms with van der Waals surface area (Å²) in [5, 5.41) is 9.23. The average molecular weight is 130 g/mol. The number of amidine groups is 1. The first-order valence-electron chi connectivity index (χ1n) is 2.50. The maximum Gasteiger partial charge on any atom is 0.222 e. The highest BCUT2D eigenvalue weighted by atomic mass is 16.5. The van der Waals surface area contributed by atoms with Crippen LogP contribution in [0.3, 0.4) is 0 Å². The molecule has 0 aliphatic rings. The topological polar surface area (TPSA) is 62.2 Å². The molecule has 0 fully saturated rings. The molecule has 9 heavy (non-hydrogen) atoms. The van der Waals surface area contributed by atoms with Crippen molar-refractivity contribution in [3.05, 3.63) is 0 Å². The molecule has 1 amide bonds. The molecule has 2 N–H and O–H groups in total. The Balaban J connectivity index is 3.39. The lowest BCUT2D eigenvalue weighted by atomic mass is 10.6. The molecule has 0 aromatic heterocycles. The number of amides is 1. The van der Waals surface area contributed by atoms with Gasteiger partial charge < -0.3 is 10.1 Å². The number of hydrogen-bond donors (Lipinski definition) is 2. The summed E-state index contributed by atoms with van der Waals surface area (Å²) in [5.74, 6) is -0.151. The number of carbonyl (C=O) groups excluding carboxylic acids is 1. The van der Waals surface area contributed by atoms with Gasteiger partial charge in [-0.2, -0.15) is 0 Å². The highest BCUT2D eigenvalue weighted by Crippen LogP contribution is 1.68. The van der Waals surface area contributed by atoms with E-state index in [9.17, 15) is 4.79 Å². The van der Waals surface area contributed by atoms with E-state index in [-0.39, 0.29) is 18.3 Å². The molecule has 52 valence electrons. The molecule has 0 aliphatic carbocycles. The Hall–Kier alpha value is -0.900. The normalized spacial score (nSPS) is 8.67. The third kappa shape index (κ3) is 4.96. The van der Waals surface area contributed by atoms with Gasteiger partial charge in [-0.25, -0.2) is 0 Å². The fourth-order valence-corrected chi connectivity index (χ4v) is 0.393. The van der Waals surface area contributed by atoms with Crippen molar-refractivity contribution in [2.24, 2.45) is 0 Å².